The molecule has 106 heavy (non-hydrogen) atoms. The van der Waals surface area contributed by atoms with Gasteiger partial charge in [0.25, 0.3) is 0 Å². The van der Waals surface area contributed by atoms with Crippen molar-refractivity contribution in [3.8, 4) is 0 Å². The first kappa shape index (κ1) is 68.0. The van der Waals surface area contributed by atoms with Crippen molar-refractivity contribution in [1.82, 2.24) is 0 Å². The number of anilines is 2. The highest BCUT2D eigenvalue weighted by molar-refractivity contribution is 6.31. The summed E-state index contributed by atoms with van der Waals surface area (Å²) < 4.78 is 5.27. The van der Waals surface area contributed by atoms with Crippen molar-refractivity contribution < 1.29 is 9.15 Å². The lowest BCUT2D eigenvalue weighted by molar-refractivity contribution is -0.455. The summed E-state index contributed by atoms with van der Waals surface area (Å²) in [4.78, 5) is 4.84. The summed E-state index contributed by atoms with van der Waals surface area (Å²) in [5.74, 6) is 0. The van der Waals surface area contributed by atoms with Crippen LogP contribution in [0.2, 0.25) is 10.0 Å². The van der Waals surface area contributed by atoms with E-state index in [9.17, 15) is 0 Å². The van der Waals surface area contributed by atoms with Crippen LogP contribution in [0.1, 0.15) is 80.6 Å². The van der Waals surface area contributed by atoms with Gasteiger partial charge in [0.05, 0.1) is 10.8 Å². The van der Waals surface area contributed by atoms with Crippen LogP contribution in [-0.2, 0) is 73.3 Å². The Labute approximate surface area is 634 Å². The van der Waals surface area contributed by atoms with Gasteiger partial charge >= 0.3 is 0 Å². The van der Waals surface area contributed by atoms with Crippen LogP contribution < -0.4 is 9.80 Å². The van der Waals surface area contributed by atoms with Crippen molar-refractivity contribution in [3.63, 3.8) is 0 Å². The molecule has 0 saturated heterocycles. The quantitative estimate of drug-likeness (QED) is 0.0705. The summed E-state index contributed by atoms with van der Waals surface area (Å²) in [5, 5.41) is 6.55. The second kappa shape index (κ2) is 28.4. The molecule has 0 N–H and O–H groups in total. The number of hydrogen-bond donors (Lipinski definition) is 0. The Morgan fingerprint density at radius 3 is 0.953 bits per heavy atom. The molecule has 4 heterocycles. The lowest BCUT2D eigenvalue weighted by atomic mass is 9.70. The van der Waals surface area contributed by atoms with Crippen LogP contribution in [0, 0.1) is 0 Å². The molecule has 2 atom stereocenters. The van der Waals surface area contributed by atoms with E-state index in [0.717, 1.165) is 48.6 Å². The normalized spacial score (nSPS) is 18.5. The van der Waals surface area contributed by atoms with Gasteiger partial charge < -0.3 is 9.80 Å². The molecular formula is C100H86Cl2N4+2. The zero-order valence-electron chi connectivity index (χ0n) is 60.7. The molecule has 0 amide bonds. The van der Waals surface area contributed by atoms with Crippen LogP contribution in [0.3, 0.4) is 0 Å². The highest BCUT2D eigenvalue weighted by atomic mass is 35.5. The molecule has 0 radical (unpaired) electrons. The third-order valence-corrected chi connectivity index (χ3v) is 24.0. The lowest BCUT2D eigenvalue weighted by Gasteiger charge is -2.33. The van der Waals surface area contributed by atoms with Gasteiger partial charge in [-0.15, -0.1) is 0 Å². The molecule has 0 bridgehead atoms. The molecule has 4 aliphatic heterocycles. The van der Waals surface area contributed by atoms with Gasteiger partial charge in [-0.3, -0.25) is 0 Å². The van der Waals surface area contributed by atoms with Crippen molar-refractivity contribution in [2.45, 2.75) is 87.1 Å². The van der Waals surface area contributed by atoms with Crippen LogP contribution >= 0.6 is 23.2 Å². The molecule has 2 unspecified atom stereocenters. The SMILES string of the molecule is CN1/C(=C/C=C/C2=[N+](Cc3ccc(C[N+]4=C(/C=C/C=C5/N(C)c6ccc(Cl)cc6C5(Cc5ccccc5)Cc5ccccc5)C(C)(Cc5ccccc5)c5c4ccc4ccccc54)cc3)c3ccc4ccccc4c3C2(C)Cc2ccccc2)C(Cc2ccccc2)(Cc2ccccc2)c2cc(Cl)ccc21. The van der Waals surface area contributed by atoms with Gasteiger partial charge in [-0.25, -0.2) is 0 Å². The Morgan fingerprint density at radius 2 is 0.623 bits per heavy atom. The second-order valence-corrected chi connectivity index (χ2v) is 31.1. The molecule has 0 fully saturated rings. The van der Waals surface area contributed by atoms with Gasteiger partial charge in [0.15, 0.2) is 24.5 Å². The van der Waals surface area contributed by atoms with E-state index in [2.05, 4.69) is 387 Å². The molecule has 518 valence electrons. The minimum atomic E-state index is -0.429. The third-order valence-electron chi connectivity index (χ3n) is 23.5. The number of hydrogen-bond acceptors (Lipinski definition) is 2. The topological polar surface area (TPSA) is 12.5 Å². The lowest BCUT2D eigenvalue weighted by Crippen LogP contribution is -2.35. The molecule has 13 aromatic carbocycles. The first-order valence-corrected chi connectivity index (χ1v) is 38.1. The Balaban J connectivity index is 0.799. The van der Waals surface area contributed by atoms with E-state index >= 15 is 0 Å². The Morgan fingerprint density at radius 1 is 0.321 bits per heavy atom. The Kier molecular flexibility index (Phi) is 18.2. The van der Waals surface area contributed by atoms with E-state index < -0.39 is 21.7 Å². The smallest absolute Gasteiger partial charge is 0.210 e. The Hall–Kier alpha value is -11.1. The minimum absolute atomic E-state index is 0.429. The van der Waals surface area contributed by atoms with E-state index in [-0.39, 0.29) is 0 Å². The highest BCUT2D eigenvalue weighted by Gasteiger charge is 2.52. The summed E-state index contributed by atoms with van der Waals surface area (Å²) in [6.07, 6.45) is 19.3. The molecule has 4 aliphatic rings. The zero-order chi connectivity index (χ0) is 72.0. The summed E-state index contributed by atoms with van der Waals surface area (Å²) in [6, 6.07) is 116. The average Bonchev–Trinajstić information content (AvgIpc) is 1.57. The van der Waals surface area contributed by atoms with Crippen molar-refractivity contribution in [3.05, 3.63) is 440 Å². The minimum Gasteiger partial charge on any atom is -0.347 e. The van der Waals surface area contributed by atoms with Crippen LogP contribution in [0.5, 0.6) is 0 Å². The molecular weight excluding hydrogens is 1330 g/mol. The van der Waals surface area contributed by atoms with E-state index in [0.29, 0.717) is 13.1 Å². The largest absolute Gasteiger partial charge is 0.347 e. The molecule has 17 rings (SSSR count). The number of benzene rings is 13. The number of likely N-dealkylation sites (N-methyl/N-ethyl adjacent to an activating group) is 2. The van der Waals surface area contributed by atoms with Crippen LogP contribution in [0.4, 0.5) is 22.7 Å². The van der Waals surface area contributed by atoms with Crippen LogP contribution in [-0.4, -0.2) is 34.7 Å². The second-order valence-electron chi connectivity index (χ2n) is 30.2. The maximum atomic E-state index is 7.06. The summed E-state index contributed by atoms with van der Waals surface area (Å²) in [6.45, 7) is 6.32. The summed E-state index contributed by atoms with van der Waals surface area (Å²) >= 11 is 14.1. The maximum absolute atomic E-state index is 7.06. The first-order chi connectivity index (χ1) is 51.9. The van der Waals surface area contributed by atoms with Gasteiger partial charge in [-0.05, 0) is 179 Å². The van der Waals surface area contributed by atoms with Gasteiger partial charge in [0.1, 0.15) is 0 Å². The van der Waals surface area contributed by atoms with Gasteiger partial charge in [0.2, 0.25) is 11.4 Å². The van der Waals surface area contributed by atoms with E-state index in [1.165, 1.54) is 134 Å². The monoisotopic (exact) mass is 1410 g/mol. The van der Waals surface area contributed by atoms with Crippen molar-refractivity contribution in [2.24, 2.45) is 0 Å². The van der Waals surface area contributed by atoms with Crippen molar-refractivity contribution >= 4 is 78.9 Å². The predicted molar refractivity (Wildman–Crippen MR) is 445 cm³/mol. The standard InChI is InChI=1S/C100H86Cl2N4/c1-97(63-71-29-11-5-12-30-71)91(45-27-47-93-99(65-73-33-15-7-16-34-73,66-74-35-17-8-18-36-74)85-61-81(101)55-59-87(85)103(93)3)105(89-57-53-79-41-23-25-43-83(79)95(89)97)69-77-49-51-78(52-50-77)70-106-90-58-54-80-42-24-26-44-84(80)96(90)98(2,64-72-31-13-6-14-32-72)92(106)46-28-48-94-100(67-75-37-19-9-20-38-75,68-76-39-21-10-22-40-76)86-62-82(102)56-60-88(86)104(94)4/h5-62H,63-70H2,1-4H3/q+2. The van der Waals surface area contributed by atoms with E-state index in [4.69, 9.17) is 23.2 Å². The molecule has 0 saturated carbocycles. The molecule has 13 aromatic rings. The zero-order valence-corrected chi connectivity index (χ0v) is 62.2. The average molecular weight is 1410 g/mol. The number of rotatable bonds is 20. The predicted octanol–water partition coefficient (Wildman–Crippen LogP) is 23.5. The number of halogens is 2. The molecule has 6 heteroatoms. The van der Waals surface area contributed by atoms with Gasteiger partial charge in [0, 0.05) is 104 Å². The molecule has 4 nitrogen and oxygen atoms in total. The maximum Gasteiger partial charge on any atom is 0.210 e. The fourth-order valence-corrected chi connectivity index (χ4v) is 19.1. The number of fused-ring (bicyclic) bond motifs is 8. The van der Waals surface area contributed by atoms with Gasteiger partial charge in [-0.1, -0.05) is 290 Å². The number of nitrogens with zero attached hydrogens (tertiary/aromatic N) is 4. The highest BCUT2D eigenvalue weighted by Crippen LogP contribution is 2.55. The fourth-order valence-electron chi connectivity index (χ4n) is 18.8. The summed E-state index contributed by atoms with van der Waals surface area (Å²) in [7, 11) is 4.48. The Bertz CT molecular complexity index is 5230. The molecule has 0 aliphatic carbocycles. The molecule has 0 aromatic heterocycles. The first-order valence-electron chi connectivity index (χ1n) is 37.4. The van der Waals surface area contributed by atoms with Crippen LogP contribution in [0.15, 0.2) is 363 Å². The van der Waals surface area contributed by atoms with Crippen molar-refractivity contribution in [2.75, 3.05) is 23.9 Å². The van der Waals surface area contributed by atoms with Crippen molar-refractivity contribution in [1.29, 1.82) is 0 Å². The van der Waals surface area contributed by atoms with Crippen LogP contribution in [0.25, 0.3) is 21.5 Å². The third kappa shape index (κ3) is 12.5. The number of allylic oxidation sites excluding steroid dienone is 8. The van der Waals surface area contributed by atoms with Gasteiger partial charge in [-0.2, -0.15) is 9.15 Å². The van der Waals surface area contributed by atoms with E-state index in [1.54, 1.807) is 0 Å². The fraction of sp³-hybridized carbons (Fsp3) is 0.160. The summed E-state index contributed by atoms with van der Waals surface area (Å²) in [5.41, 5.74) is 23.5. The molecule has 0 spiro atoms. The van der Waals surface area contributed by atoms with E-state index in [1.807, 2.05) is 12.1 Å².